The van der Waals surface area contributed by atoms with Crippen molar-refractivity contribution in [3.05, 3.63) is 0 Å². The van der Waals surface area contributed by atoms with E-state index in [1.165, 1.54) is 7.11 Å². The quantitative estimate of drug-likeness (QED) is 0.620. The number of rotatable bonds is 1. The maximum atomic E-state index is 11.3. The van der Waals surface area contributed by atoms with Crippen LogP contribution in [-0.4, -0.2) is 25.7 Å². The van der Waals surface area contributed by atoms with Gasteiger partial charge >= 0.3 is 5.97 Å². The van der Waals surface area contributed by atoms with Gasteiger partial charge in [0.1, 0.15) is 6.04 Å². The van der Waals surface area contributed by atoms with Crippen molar-refractivity contribution in [3.8, 4) is 0 Å². The van der Waals surface area contributed by atoms with Gasteiger partial charge in [0.15, 0.2) is 0 Å². The van der Waals surface area contributed by atoms with Crippen molar-refractivity contribution in [2.75, 3.05) is 13.7 Å². The van der Waals surface area contributed by atoms with Gasteiger partial charge in [-0.2, -0.15) is 0 Å². The van der Waals surface area contributed by atoms with Crippen LogP contribution in [0.3, 0.4) is 0 Å². The largest absolute Gasteiger partial charge is 0.468 e. The number of nitrogens with one attached hydrogen (secondary N) is 1. The smallest absolute Gasteiger partial charge is 0.323 e. The molecule has 0 amide bonds. The molecule has 1 fully saturated rings. The van der Waals surface area contributed by atoms with Gasteiger partial charge in [-0.15, -0.1) is 0 Å². The second-order valence-electron chi connectivity index (χ2n) is 4.10. The fraction of sp³-hybridized carbons (Fsp3) is 0.900. The van der Waals surface area contributed by atoms with Crippen molar-refractivity contribution < 1.29 is 9.53 Å². The molecular formula is C10H19NO2. The normalized spacial score (nSPS) is 40.0. The van der Waals surface area contributed by atoms with Gasteiger partial charge in [-0.05, 0) is 24.3 Å². The highest BCUT2D eigenvalue weighted by atomic mass is 16.5. The molecular weight excluding hydrogens is 166 g/mol. The average Bonchev–Trinajstić information content (AvgIpc) is 2.13. The van der Waals surface area contributed by atoms with Gasteiger partial charge in [0.2, 0.25) is 0 Å². The zero-order chi connectivity index (χ0) is 10.0. The minimum Gasteiger partial charge on any atom is -0.468 e. The molecule has 0 radical (unpaired) electrons. The molecule has 0 aromatic heterocycles. The summed E-state index contributed by atoms with van der Waals surface area (Å²) in [6.45, 7) is 7.42. The maximum absolute atomic E-state index is 11.3. The molecule has 0 spiro atoms. The molecule has 0 aromatic rings. The van der Waals surface area contributed by atoms with Crippen molar-refractivity contribution in [2.24, 2.45) is 17.8 Å². The van der Waals surface area contributed by atoms with Gasteiger partial charge in [-0.1, -0.05) is 20.8 Å². The van der Waals surface area contributed by atoms with Gasteiger partial charge in [-0.3, -0.25) is 4.79 Å². The SMILES string of the molecule is COC(=O)C1NCC(C)C(C)C1C. The van der Waals surface area contributed by atoms with Crippen molar-refractivity contribution in [1.82, 2.24) is 5.32 Å². The summed E-state index contributed by atoms with van der Waals surface area (Å²) in [4.78, 5) is 11.3. The summed E-state index contributed by atoms with van der Waals surface area (Å²) in [6, 6.07) is -0.115. The number of methoxy groups -OCH3 is 1. The lowest BCUT2D eigenvalue weighted by atomic mass is 9.77. The molecule has 13 heavy (non-hydrogen) atoms. The first kappa shape index (κ1) is 10.5. The van der Waals surface area contributed by atoms with E-state index in [0.29, 0.717) is 17.8 Å². The van der Waals surface area contributed by atoms with Gasteiger partial charge in [-0.25, -0.2) is 0 Å². The number of piperidine rings is 1. The number of hydrogen-bond acceptors (Lipinski definition) is 3. The van der Waals surface area contributed by atoms with Crippen LogP contribution in [0, 0.1) is 17.8 Å². The standard InChI is InChI=1S/C10H19NO2/c1-6-5-11-9(10(12)13-4)8(3)7(6)2/h6-9,11H,5H2,1-4H3. The first-order valence-electron chi connectivity index (χ1n) is 4.89. The lowest BCUT2D eigenvalue weighted by Gasteiger charge is -2.37. The van der Waals surface area contributed by atoms with E-state index in [4.69, 9.17) is 4.74 Å². The van der Waals surface area contributed by atoms with Crippen LogP contribution in [0.2, 0.25) is 0 Å². The van der Waals surface area contributed by atoms with Crippen LogP contribution in [0.25, 0.3) is 0 Å². The maximum Gasteiger partial charge on any atom is 0.323 e. The Labute approximate surface area is 79.8 Å². The second kappa shape index (κ2) is 4.09. The Hall–Kier alpha value is -0.570. The first-order chi connectivity index (χ1) is 6.07. The zero-order valence-corrected chi connectivity index (χ0v) is 8.83. The van der Waals surface area contributed by atoms with E-state index in [1.807, 2.05) is 0 Å². The average molecular weight is 185 g/mol. The number of carbonyl (C=O) groups is 1. The lowest BCUT2D eigenvalue weighted by Crippen LogP contribution is -2.52. The molecule has 4 unspecified atom stereocenters. The van der Waals surface area contributed by atoms with Crippen molar-refractivity contribution in [2.45, 2.75) is 26.8 Å². The molecule has 0 aliphatic carbocycles. The summed E-state index contributed by atoms with van der Waals surface area (Å²) >= 11 is 0. The zero-order valence-electron chi connectivity index (χ0n) is 8.83. The molecule has 0 bridgehead atoms. The number of ether oxygens (including phenoxy) is 1. The molecule has 1 aliphatic heterocycles. The summed E-state index contributed by atoms with van der Waals surface area (Å²) in [7, 11) is 1.44. The minimum atomic E-state index is -0.133. The predicted molar refractivity (Wildman–Crippen MR) is 51.3 cm³/mol. The van der Waals surface area contributed by atoms with Gasteiger partial charge in [0, 0.05) is 0 Å². The molecule has 3 heteroatoms. The van der Waals surface area contributed by atoms with Crippen molar-refractivity contribution >= 4 is 5.97 Å². The molecule has 1 N–H and O–H groups in total. The molecule has 76 valence electrons. The summed E-state index contributed by atoms with van der Waals surface area (Å²) in [5.41, 5.74) is 0. The summed E-state index contributed by atoms with van der Waals surface area (Å²) in [5, 5.41) is 3.23. The van der Waals surface area contributed by atoms with Gasteiger partial charge in [0.05, 0.1) is 7.11 Å². The Morgan fingerprint density at radius 1 is 1.31 bits per heavy atom. The van der Waals surface area contributed by atoms with E-state index in [9.17, 15) is 4.79 Å². The highest BCUT2D eigenvalue weighted by Gasteiger charge is 2.35. The topological polar surface area (TPSA) is 38.3 Å². The molecule has 1 saturated heterocycles. The fourth-order valence-corrected chi connectivity index (χ4v) is 1.93. The van der Waals surface area contributed by atoms with E-state index < -0.39 is 0 Å². The van der Waals surface area contributed by atoms with Crippen LogP contribution < -0.4 is 5.32 Å². The van der Waals surface area contributed by atoms with Crippen LogP contribution in [0.5, 0.6) is 0 Å². The Morgan fingerprint density at radius 3 is 2.46 bits per heavy atom. The highest BCUT2D eigenvalue weighted by Crippen LogP contribution is 2.27. The molecule has 4 atom stereocenters. The number of esters is 1. The second-order valence-corrected chi connectivity index (χ2v) is 4.10. The Balaban J connectivity index is 2.63. The third-order valence-corrected chi connectivity index (χ3v) is 3.37. The molecule has 3 nitrogen and oxygen atoms in total. The highest BCUT2D eigenvalue weighted by molar-refractivity contribution is 5.76. The number of hydrogen-bond donors (Lipinski definition) is 1. The first-order valence-corrected chi connectivity index (χ1v) is 4.89. The molecule has 1 rings (SSSR count). The number of carbonyl (C=O) groups excluding carboxylic acids is 1. The van der Waals surface area contributed by atoms with Crippen LogP contribution in [0.15, 0.2) is 0 Å². The Kier molecular flexibility index (Phi) is 3.31. The summed E-state index contributed by atoms with van der Waals surface area (Å²) < 4.78 is 4.74. The molecule has 1 aliphatic rings. The van der Waals surface area contributed by atoms with Crippen molar-refractivity contribution in [1.29, 1.82) is 0 Å². The molecule has 0 saturated carbocycles. The molecule has 1 heterocycles. The van der Waals surface area contributed by atoms with Crippen LogP contribution in [0.1, 0.15) is 20.8 Å². The Bertz CT molecular complexity index is 193. The monoisotopic (exact) mass is 185 g/mol. The van der Waals surface area contributed by atoms with E-state index in [2.05, 4.69) is 26.1 Å². The third kappa shape index (κ3) is 2.02. The van der Waals surface area contributed by atoms with E-state index >= 15 is 0 Å². The van der Waals surface area contributed by atoms with E-state index in [-0.39, 0.29) is 12.0 Å². The summed E-state index contributed by atoms with van der Waals surface area (Å²) in [6.07, 6.45) is 0. The minimum absolute atomic E-state index is 0.115. The van der Waals surface area contributed by atoms with Gasteiger partial charge in [0.25, 0.3) is 0 Å². The fourth-order valence-electron chi connectivity index (χ4n) is 1.93. The summed E-state index contributed by atoms with van der Waals surface area (Å²) in [5.74, 6) is 1.43. The third-order valence-electron chi connectivity index (χ3n) is 3.37. The lowest BCUT2D eigenvalue weighted by molar-refractivity contribution is -0.146. The van der Waals surface area contributed by atoms with Crippen LogP contribution >= 0.6 is 0 Å². The van der Waals surface area contributed by atoms with Gasteiger partial charge < -0.3 is 10.1 Å². The molecule has 0 aromatic carbocycles. The Morgan fingerprint density at radius 2 is 1.92 bits per heavy atom. The van der Waals surface area contributed by atoms with Crippen LogP contribution in [0.4, 0.5) is 0 Å². The van der Waals surface area contributed by atoms with E-state index in [1.54, 1.807) is 0 Å². The van der Waals surface area contributed by atoms with Crippen molar-refractivity contribution in [3.63, 3.8) is 0 Å². The predicted octanol–water partition coefficient (Wildman–Crippen LogP) is 1.04. The van der Waals surface area contributed by atoms with Crippen LogP contribution in [-0.2, 0) is 9.53 Å². The van der Waals surface area contributed by atoms with E-state index in [0.717, 1.165) is 6.54 Å².